The van der Waals surface area contributed by atoms with Gasteiger partial charge in [-0.3, -0.25) is 24.1 Å². The first-order valence-electron chi connectivity index (χ1n) is 12.8. The number of allylic oxidation sites excluding steroid dienone is 2. The maximum Gasteiger partial charge on any atom is 0.258 e. The number of carbonyl (C=O) groups excluding carboxylic acids is 4. The van der Waals surface area contributed by atoms with Gasteiger partial charge in [-0.05, 0) is 30.9 Å². The van der Waals surface area contributed by atoms with Gasteiger partial charge in [0.15, 0.2) is 33.0 Å². The molecule has 0 radical (unpaired) electrons. The summed E-state index contributed by atoms with van der Waals surface area (Å²) in [5, 5.41) is 11.0. The lowest BCUT2D eigenvalue weighted by Crippen LogP contribution is -2.60. The van der Waals surface area contributed by atoms with Crippen LogP contribution in [0.15, 0.2) is 29.8 Å². The molecular weight excluding hydrogens is 626 g/mol. The van der Waals surface area contributed by atoms with Crippen molar-refractivity contribution in [2.24, 2.45) is 17.8 Å². The summed E-state index contributed by atoms with van der Waals surface area (Å²) in [7, 11) is 2.49. The molecule has 2 aliphatic carbocycles. The van der Waals surface area contributed by atoms with E-state index in [1.807, 2.05) is 0 Å². The molecule has 2 aromatic rings. The highest BCUT2D eigenvalue weighted by molar-refractivity contribution is 6.58. The van der Waals surface area contributed by atoms with Crippen LogP contribution in [-0.2, 0) is 19.2 Å². The van der Waals surface area contributed by atoms with Crippen molar-refractivity contribution in [3.8, 4) is 11.5 Å². The van der Waals surface area contributed by atoms with E-state index in [9.17, 15) is 37.5 Å². The van der Waals surface area contributed by atoms with Crippen LogP contribution in [0.1, 0.15) is 24.3 Å². The zero-order valence-corrected chi connectivity index (χ0v) is 23.6. The molecule has 6 rings (SSSR count). The van der Waals surface area contributed by atoms with Crippen molar-refractivity contribution in [3.05, 3.63) is 64.5 Å². The summed E-state index contributed by atoms with van der Waals surface area (Å²) in [6.45, 7) is 0. The Hall–Kier alpha value is -3.71. The van der Waals surface area contributed by atoms with Crippen molar-refractivity contribution < 1.29 is 51.0 Å². The summed E-state index contributed by atoms with van der Waals surface area (Å²) in [5.41, 5.74) is -1.88. The maximum atomic E-state index is 15.0. The Morgan fingerprint density at radius 1 is 0.907 bits per heavy atom. The predicted octanol–water partition coefficient (Wildman–Crippen LogP) is 4.29. The number of fused-ring (bicyclic) bond motifs is 4. The number of amides is 4. The van der Waals surface area contributed by atoms with Gasteiger partial charge >= 0.3 is 0 Å². The average molecular weight is 645 g/mol. The van der Waals surface area contributed by atoms with Crippen molar-refractivity contribution in [1.29, 1.82) is 0 Å². The second-order valence-electron chi connectivity index (χ2n) is 10.8. The average Bonchev–Trinajstić information content (AvgIpc) is 3.29. The molecule has 1 saturated carbocycles. The Morgan fingerprint density at radius 2 is 1.51 bits per heavy atom. The number of anilines is 1. The van der Waals surface area contributed by atoms with Gasteiger partial charge in [-0.25, -0.2) is 26.9 Å². The van der Waals surface area contributed by atoms with E-state index in [0.717, 1.165) is 4.90 Å². The number of rotatable bonds is 3. The van der Waals surface area contributed by atoms with Gasteiger partial charge in [0.05, 0.1) is 18.9 Å². The summed E-state index contributed by atoms with van der Waals surface area (Å²) < 4.78 is 77.9. The topological polar surface area (TPSA) is 104 Å². The first kappa shape index (κ1) is 29.4. The van der Waals surface area contributed by atoms with E-state index in [0.29, 0.717) is 0 Å². The van der Waals surface area contributed by atoms with E-state index < -0.39 is 104 Å². The largest absolute Gasteiger partial charge is 0.508 e. The third kappa shape index (κ3) is 3.43. The van der Waals surface area contributed by atoms with Gasteiger partial charge < -0.3 is 9.84 Å². The molecule has 2 aromatic carbocycles. The SMILES string of the molecule is COc1cccc(O)c1[C@H]1C2=CC[C@@H]3C(=O)N(C)C(=O)[C@@H]3[C@@H]2C[C@@]2(Cl)C(=O)N(c3c(F)c(F)c(F)c(F)c3F)C(=O)[C@@]12Cl. The number of phenolic OH excluding ortho intramolecular Hbond substituents is 1. The lowest BCUT2D eigenvalue weighted by atomic mass is 9.56. The number of ether oxygens (including phenoxy) is 1. The molecule has 0 aromatic heterocycles. The molecule has 0 bridgehead atoms. The summed E-state index contributed by atoms with van der Waals surface area (Å²) in [4.78, 5) is 49.6. The monoisotopic (exact) mass is 644 g/mol. The Labute approximate surface area is 249 Å². The van der Waals surface area contributed by atoms with E-state index in [4.69, 9.17) is 27.9 Å². The Morgan fingerprint density at radius 3 is 2.12 bits per heavy atom. The summed E-state index contributed by atoms with van der Waals surface area (Å²) in [5.74, 6) is -22.0. The second kappa shape index (κ2) is 9.39. The highest BCUT2D eigenvalue weighted by Gasteiger charge is 2.77. The molecule has 15 heteroatoms. The number of carbonyl (C=O) groups is 4. The Bertz CT molecular complexity index is 1690. The van der Waals surface area contributed by atoms with Crippen LogP contribution in [0.25, 0.3) is 0 Å². The molecule has 3 fully saturated rings. The van der Waals surface area contributed by atoms with Gasteiger partial charge in [-0.2, -0.15) is 0 Å². The van der Waals surface area contributed by atoms with E-state index in [1.54, 1.807) is 0 Å². The molecule has 2 aliphatic heterocycles. The van der Waals surface area contributed by atoms with Crippen molar-refractivity contribution in [2.45, 2.75) is 28.5 Å². The number of likely N-dealkylation sites (tertiary alicyclic amines) is 1. The Kier molecular flexibility index (Phi) is 6.41. The van der Waals surface area contributed by atoms with E-state index in [-0.39, 0.29) is 28.2 Å². The lowest BCUT2D eigenvalue weighted by Gasteiger charge is -2.50. The number of methoxy groups -OCH3 is 1. The number of aromatic hydroxyl groups is 1. The van der Waals surface area contributed by atoms with Crippen LogP contribution in [-0.4, -0.2) is 57.5 Å². The fourth-order valence-electron chi connectivity index (χ4n) is 7.04. The van der Waals surface area contributed by atoms with Gasteiger partial charge in [0.25, 0.3) is 11.8 Å². The molecule has 43 heavy (non-hydrogen) atoms. The third-order valence-corrected chi connectivity index (χ3v) is 10.4. The standard InChI is InChI=1S/C28H19Cl2F5N2O6/c1-36-23(39)10-7-6-9-11(14(10)24(36)40)8-27(29)25(41)37(22-20(34)18(32)17(31)19(33)21(22)35)26(42)28(27,30)16(9)15-12(38)4-3-5-13(15)43-2/h3-6,10-11,14,16,38H,7-8H2,1-2H3/t10-,11+,14-,16+,27+,28-/m0/s1. The van der Waals surface area contributed by atoms with Crippen LogP contribution in [0.4, 0.5) is 27.6 Å². The van der Waals surface area contributed by atoms with Crippen molar-refractivity contribution in [2.75, 3.05) is 19.1 Å². The molecule has 1 N–H and O–H groups in total. The lowest BCUT2D eigenvalue weighted by molar-refractivity contribution is -0.138. The fourth-order valence-corrected chi connectivity index (χ4v) is 7.96. The smallest absolute Gasteiger partial charge is 0.258 e. The van der Waals surface area contributed by atoms with E-state index in [1.165, 1.54) is 38.4 Å². The Balaban J connectivity index is 1.65. The normalized spacial score (nSPS) is 31.7. The number of halogens is 7. The first-order valence-corrected chi connectivity index (χ1v) is 13.6. The molecule has 4 aliphatic rings. The second-order valence-corrected chi connectivity index (χ2v) is 12.1. The molecule has 2 saturated heterocycles. The van der Waals surface area contributed by atoms with Gasteiger partial charge in [0.1, 0.15) is 17.2 Å². The molecule has 0 spiro atoms. The molecular formula is C28H19Cl2F5N2O6. The number of phenols is 1. The molecule has 0 unspecified atom stereocenters. The van der Waals surface area contributed by atoms with Gasteiger partial charge in [0, 0.05) is 18.5 Å². The van der Waals surface area contributed by atoms with Crippen LogP contribution >= 0.6 is 23.2 Å². The number of alkyl halides is 2. The predicted molar refractivity (Wildman–Crippen MR) is 139 cm³/mol. The number of hydrogen-bond acceptors (Lipinski definition) is 6. The van der Waals surface area contributed by atoms with Crippen molar-refractivity contribution in [3.63, 3.8) is 0 Å². The molecule has 226 valence electrons. The summed E-state index contributed by atoms with van der Waals surface area (Å²) >= 11 is 14.0. The van der Waals surface area contributed by atoms with Crippen LogP contribution < -0.4 is 9.64 Å². The number of hydrogen-bond donors (Lipinski definition) is 1. The van der Waals surface area contributed by atoms with Gasteiger partial charge in [0.2, 0.25) is 17.6 Å². The van der Waals surface area contributed by atoms with Crippen LogP contribution in [0, 0.1) is 46.8 Å². The highest BCUT2D eigenvalue weighted by atomic mass is 35.5. The van der Waals surface area contributed by atoms with Crippen LogP contribution in [0.3, 0.4) is 0 Å². The van der Waals surface area contributed by atoms with Gasteiger partial charge in [-0.15, -0.1) is 23.2 Å². The minimum atomic E-state index is -2.76. The van der Waals surface area contributed by atoms with Gasteiger partial charge in [-0.1, -0.05) is 17.7 Å². The molecule has 4 amide bonds. The number of nitrogens with zero attached hydrogens (tertiary/aromatic N) is 2. The zero-order chi connectivity index (χ0) is 31.5. The van der Waals surface area contributed by atoms with Crippen molar-refractivity contribution in [1.82, 2.24) is 4.90 Å². The first-order chi connectivity index (χ1) is 20.1. The maximum absolute atomic E-state index is 15.0. The molecule has 6 atom stereocenters. The summed E-state index contributed by atoms with van der Waals surface area (Å²) in [6.07, 6.45) is 0.872. The number of benzene rings is 2. The highest BCUT2D eigenvalue weighted by Crippen LogP contribution is 2.67. The van der Waals surface area contributed by atoms with E-state index in [2.05, 4.69) is 0 Å². The number of imide groups is 2. The minimum Gasteiger partial charge on any atom is -0.508 e. The zero-order valence-electron chi connectivity index (χ0n) is 22.1. The van der Waals surface area contributed by atoms with E-state index >= 15 is 8.78 Å². The minimum absolute atomic E-state index is 0.0103. The third-order valence-electron chi connectivity index (χ3n) is 8.99. The van der Waals surface area contributed by atoms with Crippen molar-refractivity contribution >= 4 is 52.5 Å². The molecule has 2 heterocycles. The van der Waals surface area contributed by atoms with Crippen LogP contribution in [0.5, 0.6) is 11.5 Å². The summed E-state index contributed by atoms with van der Waals surface area (Å²) in [6, 6.07) is 3.96. The quantitative estimate of drug-likeness (QED) is 0.134. The molecule has 8 nitrogen and oxygen atoms in total. The van der Waals surface area contributed by atoms with Crippen LogP contribution in [0.2, 0.25) is 0 Å². The fraction of sp³-hybridized carbons (Fsp3) is 0.357.